The summed E-state index contributed by atoms with van der Waals surface area (Å²) in [6.45, 7) is 3.86. The van der Waals surface area contributed by atoms with E-state index in [0.29, 0.717) is 18.2 Å². The molecule has 7 heteroatoms. The van der Waals surface area contributed by atoms with E-state index in [1.165, 1.54) is 6.07 Å². The van der Waals surface area contributed by atoms with Crippen molar-refractivity contribution in [2.45, 2.75) is 19.9 Å². The van der Waals surface area contributed by atoms with E-state index in [-0.39, 0.29) is 19.2 Å². The third-order valence-electron chi connectivity index (χ3n) is 3.71. The van der Waals surface area contributed by atoms with Crippen LogP contribution < -0.4 is 20.1 Å². The van der Waals surface area contributed by atoms with E-state index >= 15 is 0 Å². The highest BCUT2D eigenvalue weighted by Crippen LogP contribution is 2.32. The van der Waals surface area contributed by atoms with Crippen LogP contribution in [-0.2, 0) is 13.0 Å². The molecule has 1 aromatic heterocycles. The molecule has 1 aliphatic rings. The molecule has 0 amide bonds. The Balaban J connectivity index is 1.55. The number of rotatable bonds is 6. The van der Waals surface area contributed by atoms with E-state index in [1.54, 1.807) is 12.3 Å². The number of hydrogen-bond acceptors (Lipinski definition) is 4. The summed E-state index contributed by atoms with van der Waals surface area (Å²) in [5, 5.41) is 6.39. The van der Waals surface area contributed by atoms with Gasteiger partial charge in [0.15, 0.2) is 17.5 Å². The van der Waals surface area contributed by atoms with Gasteiger partial charge in [0, 0.05) is 19.3 Å². The Morgan fingerprint density at radius 2 is 2.12 bits per heavy atom. The highest BCUT2D eigenvalue weighted by molar-refractivity contribution is 5.79. The standard InChI is InChI=1S/C18H21FN4O2/c1-2-20-18(23-11-15-14(19)4-3-8-21-15)22-9-7-13-5-6-16-17(10-13)25-12-24-16/h3-6,8,10H,2,7,9,11-12H2,1H3,(H2,20,22,23). The van der Waals surface area contributed by atoms with Crippen LogP contribution >= 0.6 is 0 Å². The molecule has 2 aromatic rings. The summed E-state index contributed by atoms with van der Waals surface area (Å²) in [6.07, 6.45) is 2.37. The smallest absolute Gasteiger partial charge is 0.231 e. The molecule has 2 N–H and O–H groups in total. The third-order valence-corrected chi connectivity index (χ3v) is 3.71. The monoisotopic (exact) mass is 344 g/mol. The topological polar surface area (TPSA) is 67.8 Å². The van der Waals surface area contributed by atoms with Gasteiger partial charge in [-0.1, -0.05) is 6.07 Å². The summed E-state index contributed by atoms with van der Waals surface area (Å²) in [6, 6.07) is 8.87. The molecule has 0 saturated heterocycles. The van der Waals surface area contributed by atoms with Gasteiger partial charge in [-0.3, -0.25) is 4.98 Å². The maximum atomic E-state index is 13.6. The average molecular weight is 344 g/mol. The predicted octanol–water partition coefficient (Wildman–Crippen LogP) is 2.25. The number of nitrogens with zero attached hydrogens (tertiary/aromatic N) is 2. The molecule has 6 nitrogen and oxygen atoms in total. The first-order valence-electron chi connectivity index (χ1n) is 8.26. The highest BCUT2D eigenvalue weighted by atomic mass is 19.1. The molecule has 132 valence electrons. The van der Waals surface area contributed by atoms with E-state index in [1.807, 2.05) is 25.1 Å². The number of nitrogens with one attached hydrogen (secondary N) is 2. The minimum atomic E-state index is -0.345. The SMILES string of the molecule is CCNC(=NCc1ncccc1F)NCCc1ccc2c(c1)OCO2. The largest absolute Gasteiger partial charge is 0.454 e. The minimum Gasteiger partial charge on any atom is -0.454 e. The fourth-order valence-corrected chi connectivity index (χ4v) is 2.45. The lowest BCUT2D eigenvalue weighted by atomic mass is 10.1. The van der Waals surface area contributed by atoms with Crippen LogP contribution in [0.5, 0.6) is 11.5 Å². The number of aliphatic imine (C=N–C) groups is 1. The minimum absolute atomic E-state index is 0.187. The molecule has 3 rings (SSSR count). The Hall–Kier alpha value is -2.83. The first-order chi connectivity index (χ1) is 12.3. The summed E-state index contributed by atoms with van der Waals surface area (Å²) in [7, 11) is 0. The second-order valence-corrected chi connectivity index (χ2v) is 5.49. The van der Waals surface area contributed by atoms with Crippen LogP contribution in [0, 0.1) is 5.82 Å². The molecule has 1 aromatic carbocycles. The molecule has 0 radical (unpaired) electrons. The van der Waals surface area contributed by atoms with Crippen LogP contribution in [0.4, 0.5) is 4.39 Å². The lowest BCUT2D eigenvalue weighted by molar-refractivity contribution is 0.174. The van der Waals surface area contributed by atoms with Crippen molar-refractivity contribution in [1.29, 1.82) is 0 Å². The highest BCUT2D eigenvalue weighted by Gasteiger charge is 2.13. The van der Waals surface area contributed by atoms with E-state index in [4.69, 9.17) is 9.47 Å². The third kappa shape index (κ3) is 4.59. The number of pyridine rings is 1. The summed E-state index contributed by atoms with van der Waals surface area (Å²) >= 11 is 0. The lowest BCUT2D eigenvalue weighted by Gasteiger charge is -2.11. The average Bonchev–Trinajstić information content (AvgIpc) is 3.08. The zero-order chi connectivity index (χ0) is 17.5. The molecule has 0 spiro atoms. The molecule has 2 heterocycles. The van der Waals surface area contributed by atoms with Crippen LogP contribution in [0.3, 0.4) is 0 Å². The van der Waals surface area contributed by atoms with Crippen LogP contribution in [0.25, 0.3) is 0 Å². The van der Waals surface area contributed by atoms with Crippen LogP contribution in [0.15, 0.2) is 41.5 Å². The van der Waals surface area contributed by atoms with Crippen LogP contribution in [-0.4, -0.2) is 30.8 Å². The second-order valence-electron chi connectivity index (χ2n) is 5.49. The lowest BCUT2D eigenvalue weighted by Crippen LogP contribution is -2.38. The Kier molecular flexibility index (Phi) is 5.66. The van der Waals surface area contributed by atoms with Gasteiger partial charge in [-0.2, -0.15) is 0 Å². The van der Waals surface area contributed by atoms with E-state index in [0.717, 1.165) is 30.0 Å². The summed E-state index contributed by atoms with van der Waals surface area (Å²) in [4.78, 5) is 8.39. The first-order valence-corrected chi connectivity index (χ1v) is 8.26. The Morgan fingerprint density at radius 1 is 1.24 bits per heavy atom. The molecular weight excluding hydrogens is 323 g/mol. The molecule has 0 unspecified atom stereocenters. The molecule has 0 saturated carbocycles. The van der Waals surface area contributed by atoms with Crippen molar-refractivity contribution in [3.8, 4) is 11.5 Å². The molecular formula is C18H21FN4O2. The first kappa shape index (κ1) is 17.0. The molecule has 25 heavy (non-hydrogen) atoms. The summed E-state index contributed by atoms with van der Waals surface area (Å²) < 4.78 is 24.3. The molecule has 0 atom stereocenters. The quantitative estimate of drug-likeness (QED) is 0.621. The van der Waals surface area contributed by atoms with Gasteiger partial charge in [-0.25, -0.2) is 9.38 Å². The number of hydrogen-bond donors (Lipinski definition) is 2. The van der Waals surface area contributed by atoms with Crippen molar-refractivity contribution in [3.05, 3.63) is 53.6 Å². The Labute approximate surface area is 146 Å². The van der Waals surface area contributed by atoms with Gasteiger partial charge < -0.3 is 20.1 Å². The number of fused-ring (bicyclic) bond motifs is 1. The van der Waals surface area contributed by atoms with Crippen molar-refractivity contribution in [2.75, 3.05) is 19.9 Å². The number of benzene rings is 1. The molecule has 0 aliphatic carbocycles. The van der Waals surface area contributed by atoms with Gasteiger partial charge >= 0.3 is 0 Å². The van der Waals surface area contributed by atoms with E-state index in [9.17, 15) is 4.39 Å². The van der Waals surface area contributed by atoms with Crippen molar-refractivity contribution < 1.29 is 13.9 Å². The number of ether oxygens (including phenoxy) is 2. The second kappa shape index (κ2) is 8.32. The van der Waals surface area contributed by atoms with Gasteiger partial charge in [0.05, 0.1) is 12.2 Å². The van der Waals surface area contributed by atoms with Crippen molar-refractivity contribution in [3.63, 3.8) is 0 Å². The van der Waals surface area contributed by atoms with Gasteiger partial charge in [-0.15, -0.1) is 0 Å². The van der Waals surface area contributed by atoms with Gasteiger partial charge in [-0.05, 0) is 43.2 Å². The number of halogens is 1. The van der Waals surface area contributed by atoms with E-state index in [2.05, 4.69) is 20.6 Å². The van der Waals surface area contributed by atoms with Gasteiger partial charge in [0.1, 0.15) is 5.82 Å². The summed E-state index contributed by atoms with van der Waals surface area (Å²) in [5.41, 5.74) is 1.47. The van der Waals surface area contributed by atoms with Gasteiger partial charge in [0.2, 0.25) is 6.79 Å². The zero-order valence-corrected chi connectivity index (χ0v) is 14.1. The van der Waals surface area contributed by atoms with Crippen LogP contribution in [0.2, 0.25) is 0 Å². The zero-order valence-electron chi connectivity index (χ0n) is 14.1. The maximum Gasteiger partial charge on any atom is 0.231 e. The van der Waals surface area contributed by atoms with Crippen molar-refractivity contribution >= 4 is 5.96 Å². The number of aromatic nitrogens is 1. The van der Waals surface area contributed by atoms with Crippen LogP contribution in [0.1, 0.15) is 18.2 Å². The Bertz CT molecular complexity index is 752. The fraction of sp³-hybridized carbons (Fsp3) is 0.333. The molecule has 0 bridgehead atoms. The van der Waals surface area contributed by atoms with Crippen molar-refractivity contribution in [1.82, 2.24) is 15.6 Å². The molecule has 0 fully saturated rings. The maximum absolute atomic E-state index is 13.6. The Morgan fingerprint density at radius 3 is 2.96 bits per heavy atom. The summed E-state index contributed by atoms with van der Waals surface area (Å²) in [5.74, 6) is 1.85. The van der Waals surface area contributed by atoms with Gasteiger partial charge in [0.25, 0.3) is 0 Å². The normalized spacial score (nSPS) is 13.0. The molecule has 1 aliphatic heterocycles. The number of guanidine groups is 1. The predicted molar refractivity (Wildman–Crippen MR) is 93.3 cm³/mol. The van der Waals surface area contributed by atoms with E-state index < -0.39 is 0 Å². The fourth-order valence-electron chi connectivity index (χ4n) is 2.45. The van der Waals surface area contributed by atoms with Crippen molar-refractivity contribution in [2.24, 2.45) is 4.99 Å².